The fourth-order valence-corrected chi connectivity index (χ4v) is 3.34. The van der Waals surface area contributed by atoms with Crippen LogP contribution in [0, 0.1) is 5.92 Å². The Labute approximate surface area is 118 Å². The first kappa shape index (κ1) is 14.5. The van der Waals surface area contributed by atoms with Gasteiger partial charge in [0.25, 0.3) is 0 Å². The van der Waals surface area contributed by atoms with Crippen LogP contribution in [-0.2, 0) is 0 Å². The van der Waals surface area contributed by atoms with E-state index in [0.29, 0.717) is 18.0 Å². The van der Waals surface area contributed by atoms with Crippen LogP contribution in [0.4, 0.5) is 0 Å². The monoisotopic (exact) mass is 260 g/mol. The lowest BCUT2D eigenvalue weighted by Crippen LogP contribution is -2.42. The maximum Gasteiger partial charge on any atom is 0.0374 e. The zero-order chi connectivity index (χ0) is 13.7. The second-order valence-electron chi connectivity index (χ2n) is 5.98. The lowest BCUT2D eigenvalue weighted by Gasteiger charge is -2.38. The van der Waals surface area contributed by atoms with Gasteiger partial charge in [0.05, 0.1) is 0 Å². The SMILES string of the molecule is CCCN(C1CCNC1)C(c1ccccc1)C(C)C. The molecule has 2 nitrogen and oxygen atoms in total. The Morgan fingerprint density at radius 3 is 2.53 bits per heavy atom. The summed E-state index contributed by atoms with van der Waals surface area (Å²) in [5, 5.41) is 3.51. The molecule has 106 valence electrons. The average Bonchev–Trinajstić information content (AvgIpc) is 2.93. The van der Waals surface area contributed by atoms with Gasteiger partial charge in [-0.05, 0) is 37.4 Å². The van der Waals surface area contributed by atoms with E-state index in [1.165, 1.54) is 31.5 Å². The maximum absolute atomic E-state index is 3.51. The minimum atomic E-state index is 0.547. The molecule has 1 aromatic carbocycles. The molecule has 2 unspecified atom stereocenters. The normalized spacial score (nSPS) is 21.2. The predicted octanol–water partition coefficient (Wildman–Crippen LogP) is 3.46. The summed E-state index contributed by atoms with van der Waals surface area (Å²) in [7, 11) is 0. The number of nitrogens with zero attached hydrogens (tertiary/aromatic N) is 1. The number of nitrogens with one attached hydrogen (secondary N) is 1. The Kier molecular flexibility index (Phi) is 5.41. The van der Waals surface area contributed by atoms with Crippen molar-refractivity contribution < 1.29 is 0 Å². The van der Waals surface area contributed by atoms with Crippen LogP contribution in [0.1, 0.15) is 45.2 Å². The number of hydrogen-bond acceptors (Lipinski definition) is 2. The summed E-state index contributed by atoms with van der Waals surface area (Å²) in [4.78, 5) is 2.74. The van der Waals surface area contributed by atoms with Crippen molar-refractivity contribution in [2.75, 3.05) is 19.6 Å². The Morgan fingerprint density at radius 1 is 1.26 bits per heavy atom. The molecule has 0 bridgehead atoms. The van der Waals surface area contributed by atoms with Crippen molar-refractivity contribution in [2.45, 2.75) is 45.7 Å². The smallest absolute Gasteiger partial charge is 0.0374 e. The first-order chi connectivity index (χ1) is 9.24. The van der Waals surface area contributed by atoms with Gasteiger partial charge in [-0.3, -0.25) is 4.90 Å². The van der Waals surface area contributed by atoms with E-state index >= 15 is 0 Å². The Bertz CT molecular complexity index is 355. The van der Waals surface area contributed by atoms with Crippen molar-refractivity contribution in [1.82, 2.24) is 10.2 Å². The van der Waals surface area contributed by atoms with Crippen LogP contribution < -0.4 is 5.32 Å². The zero-order valence-electron chi connectivity index (χ0n) is 12.6. The van der Waals surface area contributed by atoms with Crippen molar-refractivity contribution >= 4 is 0 Å². The van der Waals surface area contributed by atoms with E-state index in [4.69, 9.17) is 0 Å². The van der Waals surface area contributed by atoms with Crippen LogP contribution in [0.5, 0.6) is 0 Å². The van der Waals surface area contributed by atoms with Gasteiger partial charge in [-0.2, -0.15) is 0 Å². The lowest BCUT2D eigenvalue weighted by molar-refractivity contribution is 0.109. The molecule has 1 fully saturated rings. The number of hydrogen-bond donors (Lipinski definition) is 1. The Morgan fingerprint density at radius 2 is 2.00 bits per heavy atom. The second kappa shape index (κ2) is 7.06. The zero-order valence-corrected chi connectivity index (χ0v) is 12.6. The van der Waals surface area contributed by atoms with Gasteiger partial charge in [-0.25, -0.2) is 0 Å². The van der Waals surface area contributed by atoms with Gasteiger partial charge in [0.15, 0.2) is 0 Å². The molecule has 0 aromatic heterocycles. The van der Waals surface area contributed by atoms with E-state index in [1.54, 1.807) is 0 Å². The van der Waals surface area contributed by atoms with Crippen molar-refractivity contribution in [2.24, 2.45) is 5.92 Å². The van der Waals surface area contributed by atoms with E-state index in [-0.39, 0.29) is 0 Å². The molecule has 1 aromatic rings. The molecule has 0 amide bonds. The third-order valence-corrected chi connectivity index (χ3v) is 4.11. The van der Waals surface area contributed by atoms with Crippen molar-refractivity contribution in [1.29, 1.82) is 0 Å². The summed E-state index contributed by atoms with van der Waals surface area (Å²) in [6, 6.07) is 12.3. The van der Waals surface area contributed by atoms with Crippen molar-refractivity contribution in [3.63, 3.8) is 0 Å². The summed E-state index contributed by atoms with van der Waals surface area (Å²) in [5.74, 6) is 0.648. The molecule has 0 saturated carbocycles. The minimum Gasteiger partial charge on any atom is -0.315 e. The fraction of sp³-hybridized carbons (Fsp3) is 0.647. The molecule has 2 rings (SSSR count). The van der Waals surface area contributed by atoms with Gasteiger partial charge in [-0.1, -0.05) is 51.1 Å². The second-order valence-corrected chi connectivity index (χ2v) is 5.98. The molecule has 0 radical (unpaired) electrons. The molecule has 1 aliphatic heterocycles. The quantitative estimate of drug-likeness (QED) is 0.842. The van der Waals surface area contributed by atoms with Gasteiger partial charge in [-0.15, -0.1) is 0 Å². The van der Waals surface area contributed by atoms with Gasteiger partial charge in [0.2, 0.25) is 0 Å². The third kappa shape index (κ3) is 3.58. The molecule has 19 heavy (non-hydrogen) atoms. The highest BCUT2D eigenvalue weighted by molar-refractivity contribution is 5.20. The molecule has 2 atom stereocenters. The van der Waals surface area contributed by atoms with Crippen LogP contribution >= 0.6 is 0 Å². The first-order valence-corrected chi connectivity index (χ1v) is 7.75. The van der Waals surface area contributed by atoms with Crippen molar-refractivity contribution in [3.8, 4) is 0 Å². The molecule has 1 aliphatic rings. The molecule has 1 heterocycles. The van der Waals surface area contributed by atoms with Crippen LogP contribution in [-0.4, -0.2) is 30.6 Å². The largest absolute Gasteiger partial charge is 0.315 e. The van der Waals surface area contributed by atoms with E-state index in [1.807, 2.05) is 0 Å². The van der Waals surface area contributed by atoms with E-state index < -0.39 is 0 Å². The van der Waals surface area contributed by atoms with Gasteiger partial charge in [0.1, 0.15) is 0 Å². The Balaban J connectivity index is 2.23. The van der Waals surface area contributed by atoms with Crippen molar-refractivity contribution in [3.05, 3.63) is 35.9 Å². The van der Waals surface area contributed by atoms with Crippen LogP contribution in [0.15, 0.2) is 30.3 Å². The van der Waals surface area contributed by atoms with E-state index in [2.05, 4.69) is 61.3 Å². The number of benzene rings is 1. The third-order valence-electron chi connectivity index (χ3n) is 4.11. The lowest BCUT2D eigenvalue weighted by atomic mass is 9.92. The fourth-order valence-electron chi connectivity index (χ4n) is 3.34. The van der Waals surface area contributed by atoms with E-state index in [0.717, 1.165) is 6.54 Å². The van der Waals surface area contributed by atoms with Crippen LogP contribution in [0.3, 0.4) is 0 Å². The molecule has 0 aliphatic carbocycles. The van der Waals surface area contributed by atoms with E-state index in [9.17, 15) is 0 Å². The first-order valence-electron chi connectivity index (χ1n) is 7.75. The predicted molar refractivity (Wildman–Crippen MR) is 82.3 cm³/mol. The minimum absolute atomic E-state index is 0.547. The highest BCUT2D eigenvalue weighted by Gasteiger charge is 2.30. The molecule has 1 N–H and O–H groups in total. The van der Waals surface area contributed by atoms with Gasteiger partial charge < -0.3 is 5.32 Å². The molecule has 2 heteroatoms. The van der Waals surface area contributed by atoms with Crippen LogP contribution in [0.2, 0.25) is 0 Å². The maximum atomic E-state index is 3.51. The Hall–Kier alpha value is -0.860. The molecular formula is C17H28N2. The average molecular weight is 260 g/mol. The standard InChI is InChI=1S/C17H28N2/c1-4-12-19(16-10-11-18-13-16)17(14(2)3)15-8-6-5-7-9-15/h5-9,14,16-18H,4,10-13H2,1-3H3. The molecule has 0 spiro atoms. The summed E-state index contributed by atoms with van der Waals surface area (Å²) < 4.78 is 0. The summed E-state index contributed by atoms with van der Waals surface area (Å²) >= 11 is 0. The van der Waals surface area contributed by atoms with Crippen LogP contribution in [0.25, 0.3) is 0 Å². The van der Waals surface area contributed by atoms with Gasteiger partial charge >= 0.3 is 0 Å². The summed E-state index contributed by atoms with van der Waals surface area (Å²) in [5.41, 5.74) is 1.47. The highest BCUT2D eigenvalue weighted by atomic mass is 15.2. The molecular weight excluding hydrogens is 232 g/mol. The number of rotatable bonds is 6. The summed E-state index contributed by atoms with van der Waals surface area (Å²) in [6.07, 6.45) is 2.52. The summed E-state index contributed by atoms with van der Waals surface area (Å²) in [6.45, 7) is 10.5. The molecule has 1 saturated heterocycles. The highest BCUT2D eigenvalue weighted by Crippen LogP contribution is 2.31. The van der Waals surface area contributed by atoms with Gasteiger partial charge in [0, 0.05) is 18.6 Å². The topological polar surface area (TPSA) is 15.3 Å².